The number of rotatable bonds is 9. The molecule has 0 atom stereocenters. The second-order valence-corrected chi connectivity index (χ2v) is 12.2. The lowest BCUT2D eigenvalue weighted by molar-refractivity contribution is -0.189. The molecule has 2 aromatic carbocycles. The van der Waals surface area contributed by atoms with Gasteiger partial charge in [0, 0.05) is 25.5 Å². The van der Waals surface area contributed by atoms with E-state index in [2.05, 4.69) is 14.7 Å². The number of esters is 1. The lowest BCUT2D eigenvalue weighted by Gasteiger charge is -2.25. The zero-order valence-electron chi connectivity index (χ0n) is 28.7. The van der Waals surface area contributed by atoms with Crippen molar-refractivity contribution >= 4 is 23.7 Å². The van der Waals surface area contributed by atoms with Crippen molar-refractivity contribution in [2.75, 3.05) is 19.8 Å². The molecule has 0 saturated heterocycles. The fourth-order valence-corrected chi connectivity index (χ4v) is 5.90. The number of carbonyl (C=O) groups is 4. The van der Waals surface area contributed by atoms with Crippen LogP contribution >= 0.6 is 0 Å². The standard InChI is InChI=1S/C20H19F3N2O4.C18H19N3O3/c21-20(22,23)13-29-19(27)18(26)25(12-15-6-1-2-9-24-15)11-14-5-3-8-17-16(14)7-4-10-28-17;19-17(22)18(23)21(12-14-6-1-2-9-20-14)11-13-5-3-8-16-15(13)7-4-10-24-16/h1-3,5-6,8-9H,4,7,10-13H2;1-3,5-6,8-9H,4,7,10-12H2,(H2,19,22). The normalized spacial score (nSPS) is 13.0. The molecule has 2 aromatic heterocycles. The predicted molar refractivity (Wildman–Crippen MR) is 184 cm³/mol. The number of alkyl halides is 3. The Morgan fingerprint density at radius 2 is 1.17 bits per heavy atom. The van der Waals surface area contributed by atoms with E-state index in [0.29, 0.717) is 36.9 Å². The van der Waals surface area contributed by atoms with Gasteiger partial charge in [-0.05, 0) is 84.3 Å². The molecule has 4 heterocycles. The number of hydrogen-bond donors (Lipinski definition) is 1. The molecule has 0 radical (unpaired) electrons. The molecule has 0 aliphatic carbocycles. The van der Waals surface area contributed by atoms with Crippen LogP contribution in [0.25, 0.3) is 0 Å². The van der Waals surface area contributed by atoms with E-state index in [9.17, 15) is 32.3 Å². The number of halogens is 3. The molecule has 2 aliphatic rings. The third kappa shape index (κ3) is 11.0. The fraction of sp³-hybridized carbons (Fsp3) is 0.316. The van der Waals surface area contributed by atoms with E-state index in [1.807, 2.05) is 36.4 Å². The summed E-state index contributed by atoms with van der Waals surface area (Å²) in [4.78, 5) is 59.0. The maximum atomic E-state index is 12.6. The Hall–Kier alpha value is -5.99. The number of hydrogen-bond acceptors (Lipinski definition) is 9. The number of nitrogens with zero attached hydrogens (tertiary/aromatic N) is 4. The minimum Gasteiger partial charge on any atom is -0.493 e. The number of aromatic nitrogens is 2. The van der Waals surface area contributed by atoms with Crippen molar-refractivity contribution in [1.82, 2.24) is 19.8 Å². The largest absolute Gasteiger partial charge is 0.493 e. The Morgan fingerprint density at radius 1 is 0.679 bits per heavy atom. The molecule has 2 N–H and O–H groups in total. The van der Waals surface area contributed by atoms with Crippen LogP contribution in [0.2, 0.25) is 0 Å². The van der Waals surface area contributed by atoms with Crippen LogP contribution in [0.4, 0.5) is 13.2 Å². The summed E-state index contributed by atoms with van der Waals surface area (Å²) < 4.78 is 52.4. The van der Waals surface area contributed by atoms with Crippen LogP contribution in [-0.4, -0.2) is 69.5 Å². The molecular formula is C38H38F3N5O7. The molecule has 6 rings (SSSR count). The molecule has 53 heavy (non-hydrogen) atoms. The first-order valence-electron chi connectivity index (χ1n) is 16.9. The van der Waals surface area contributed by atoms with E-state index < -0.39 is 36.5 Å². The van der Waals surface area contributed by atoms with Gasteiger partial charge >= 0.3 is 29.9 Å². The number of fused-ring (bicyclic) bond motifs is 2. The van der Waals surface area contributed by atoms with E-state index in [-0.39, 0.29) is 19.6 Å². The van der Waals surface area contributed by atoms with Gasteiger partial charge in [-0.2, -0.15) is 13.2 Å². The summed E-state index contributed by atoms with van der Waals surface area (Å²) >= 11 is 0. The minimum atomic E-state index is -4.71. The first kappa shape index (κ1) is 38.2. The van der Waals surface area contributed by atoms with Crippen molar-refractivity contribution in [2.24, 2.45) is 5.73 Å². The monoisotopic (exact) mass is 733 g/mol. The van der Waals surface area contributed by atoms with Crippen LogP contribution in [0, 0.1) is 0 Å². The third-order valence-electron chi connectivity index (χ3n) is 8.32. The van der Waals surface area contributed by atoms with Gasteiger partial charge in [-0.25, -0.2) is 4.79 Å². The number of ether oxygens (including phenoxy) is 3. The first-order valence-corrected chi connectivity index (χ1v) is 16.9. The lowest BCUT2D eigenvalue weighted by atomic mass is 9.99. The lowest BCUT2D eigenvalue weighted by Crippen LogP contribution is -2.39. The van der Waals surface area contributed by atoms with Crippen LogP contribution in [0.1, 0.15) is 46.5 Å². The Kier molecular flexibility index (Phi) is 13.0. The summed E-state index contributed by atoms with van der Waals surface area (Å²) in [6, 6.07) is 21.7. The Morgan fingerprint density at radius 3 is 1.60 bits per heavy atom. The fourth-order valence-electron chi connectivity index (χ4n) is 5.90. The van der Waals surface area contributed by atoms with Crippen LogP contribution in [0.3, 0.4) is 0 Å². The van der Waals surface area contributed by atoms with Crippen LogP contribution in [-0.2, 0) is 62.9 Å². The first-order chi connectivity index (χ1) is 25.5. The van der Waals surface area contributed by atoms with Crippen molar-refractivity contribution in [3.05, 3.63) is 119 Å². The summed E-state index contributed by atoms with van der Waals surface area (Å²) in [5.41, 5.74) is 10.1. The number of benzene rings is 2. The van der Waals surface area contributed by atoms with E-state index >= 15 is 0 Å². The van der Waals surface area contributed by atoms with E-state index in [1.54, 1.807) is 42.6 Å². The average molecular weight is 734 g/mol. The van der Waals surface area contributed by atoms with E-state index in [4.69, 9.17) is 15.2 Å². The highest BCUT2D eigenvalue weighted by molar-refractivity contribution is 6.34. The zero-order valence-corrected chi connectivity index (χ0v) is 28.7. The smallest absolute Gasteiger partial charge is 0.422 e. The molecule has 3 amide bonds. The Bertz CT molecular complexity index is 1890. The highest BCUT2D eigenvalue weighted by Gasteiger charge is 2.33. The van der Waals surface area contributed by atoms with Gasteiger partial charge in [-0.15, -0.1) is 0 Å². The summed E-state index contributed by atoms with van der Waals surface area (Å²) in [5.74, 6) is -2.84. The number of carbonyl (C=O) groups excluding carboxylic acids is 4. The summed E-state index contributed by atoms with van der Waals surface area (Å²) in [5, 5.41) is 0. The topological polar surface area (TPSA) is 154 Å². The van der Waals surface area contributed by atoms with Crippen LogP contribution < -0.4 is 15.2 Å². The van der Waals surface area contributed by atoms with Gasteiger partial charge in [0.05, 0.1) is 37.7 Å². The maximum Gasteiger partial charge on any atom is 0.422 e. The molecule has 12 nitrogen and oxygen atoms in total. The van der Waals surface area contributed by atoms with E-state index in [1.165, 1.54) is 11.1 Å². The molecule has 0 bridgehead atoms. The van der Waals surface area contributed by atoms with Gasteiger partial charge in [-0.3, -0.25) is 24.4 Å². The van der Waals surface area contributed by atoms with Gasteiger partial charge in [0.1, 0.15) is 11.5 Å². The van der Waals surface area contributed by atoms with Gasteiger partial charge in [0.15, 0.2) is 6.61 Å². The highest BCUT2D eigenvalue weighted by Crippen LogP contribution is 2.30. The van der Waals surface area contributed by atoms with Crippen molar-refractivity contribution in [3.63, 3.8) is 0 Å². The number of pyridine rings is 2. The van der Waals surface area contributed by atoms with Crippen LogP contribution in [0.15, 0.2) is 85.2 Å². The van der Waals surface area contributed by atoms with Crippen molar-refractivity contribution in [1.29, 1.82) is 0 Å². The molecule has 4 aromatic rings. The third-order valence-corrected chi connectivity index (χ3v) is 8.32. The molecule has 0 fully saturated rings. The molecule has 15 heteroatoms. The maximum absolute atomic E-state index is 12.6. The van der Waals surface area contributed by atoms with Crippen molar-refractivity contribution < 1.29 is 46.6 Å². The summed E-state index contributed by atoms with van der Waals surface area (Å²) in [6.45, 7) is -0.0267. The van der Waals surface area contributed by atoms with Gasteiger partial charge < -0.3 is 29.7 Å². The molecule has 0 spiro atoms. The zero-order chi connectivity index (χ0) is 37.8. The molecule has 278 valence electrons. The average Bonchev–Trinajstić information content (AvgIpc) is 3.17. The second kappa shape index (κ2) is 18.0. The van der Waals surface area contributed by atoms with Crippen molar-refractivity contribution in [3.8, 4) is 11.5 Å². The molecule has 2 aliphatic heterocycles. The second-order valence-electron chi connectivity index (χ2n) is 12.2. The van der Waals surface area contributed by atoms with Gasteiger partial charge in [-0.1, -0.05) is 36.4 Å². The number of nitrogens with two attached hydrogens (primary N) is 1. The number of primary amides is 1. The van der Waals surface area contributed by atoms with Gasteiger partial charge in [0.25, 0.3) is 0 Å². The van der Waals surface area contributed by atoms with Gasteiger partial charge in [0.2, 0.25) is 0 Å². The predicted octanol–water partition coefficient (Wildman–Crippen LogP) is 4.46. The SMILES string of the molecule is NC(=O)C(=O)N(Cc1ccccn1)Cc1cccc2c1CCCO2.O=C(OCC(F)(F)F)C(=O)N(Cc1ccccn1)Cc1cccc2c1CCCO2. The number of amides is 3. The quantitative estimate of drug-likeness (QED) is 0.194. The van der Waals surface area contributed by atoms with Crippen LogP contribution in [0.5, 0.6) is 11.5 Å². The Labute approximate surface area is 303 Å². The molecule has 0 saturated carbocycles. The summed E-state index contributed by atoms with van der Waals surface area (Å²) in [7, 11) is 0. The van der Waals surface area contributed by atoms with E-state index in [0.717, 1.165) is 58.6 Å². The summed E-state index contributed by atoms with van der Waals surface area (Å²) in [6.07, 6.45) is 1.86. The van der Waals surface area contributed by atoms with Crippen molar-refractivity contribution in [2.45, 2.75) is 58.0 Å². The molecule has 0 unspecified atom stereocenters. The Balaban J connectivity index is 0.000000208. The highest BCUT2D eigenvalue weighted by atomic mass is 19.4. The minimum absolute atomic E-state index is 0.0169. The molecular weight excluding hydrogens is 695 g/mol.